The van der Waals surface area contributed by atoms with E-state index in [9.17, 15) is 0 Å². The van der Waals surface area contributed by atoms with E-state index in [1.165, 1.54) is 6.42 Å². The Bertz CT molecular complexity index is 221. The Labute approximate surface area is 87.6 Å². The maximum Gasteiger partial charge on any atom is 0.0149 e. The van der Waals surface area contributed by atoms with Crippen LogP contribution in [-0.2, 0) is 6.42 Å². The van der Waals surface area contributed by atoms with Crippen molar-refractivity contribution in [3.63, 3.8) is 0 Å². The first kappa shape index (κ1) is 10.9. The molecule has 0 aromatic heterocycles. The van der Waals surface area contributed by atoms with Gasteiger partial charge in [0.1, 0.15) is 0 Å². The summed E-state index contributed by atoms with van der Waals surface area (Å²) in [5.74, 6) is 0. The molecule has 0 saturated heterocycles. The van der Waals surface area contributed by atoms with E-state index in [-0.39, 0.29) is 8.31 Å². The van der Waals surface area contributed by atoms with Crippen molar-refractivity contribution in [2.75, 3.05) is 0 Å². The largest absolute Gasteiger partial charge is 0.0748 e. The molecule has 3 heteroatoms. The van der Waals surface area contributed by atoms with E-state index in [0.29, 0.717) is 17.6 Å². The van der Waals surface area contributed by atoms with E-state index in [4.69, 9.17) is 0 Å². The van der Waals surface area contributed by atoms with Crippen molar-refractivity contribution in [3.05, 3.63) is 35.9 Å². The van der Waals surface area contributed by atoms with E-state index in [2.05, 4.69) is 43.4 Å². The summed E-state index contributed by atoms with van der Waals surface area (Å²) in [6.45, 7) is 5.06. The van der Waals surface area contributed by atoms with Gasteiger partial charge in [0.05, 0.1) is 0 Å². The Balaban J connectivity index is 2.13. The first-order valence-corrected chi connectivity index (χ1v) is 15.9. The van der Waals surface area contributed by atoms with Crippen LogP contribution in [0.1, 0.15) is 5.56 Å². The van der Waals surface area contributed by atoms with Crippen molar-refractivity contribution in [1.82, 2.24) is 0 Å². The molecule has 1 aromatic carbocycles. The summed E-state index contributed by atoms with van der Waals surface area (Å²) >= 11 is 0. The molecule has 0 aliphatic rings. The van der Waals surface area contributed by atoms with E-state index < -0.39 is 0 Å². The zero-order valence-electron chi connectivity index (χ0n) is 8.79. The van der Waals surface area contributed by atoms with E-state index in [1.54, 1.807) is 11.6 Å². The quantitative estimate of drug-likeness (QED) is 0.515. The van der Waals surface area contributed by atoms with Crippen molar-refractivity contribution in [3.8, 4) is 0 Å². The van der Waals surface area contributed by atoms with Crippen molar-refractivity contribution < 1.29 is 0 Å². The second-order valence-corrected chi connectivity index (χ2v) is 22.9. The molecule has 0 aliphatic heterocycles. The lowest BCUT2D eigenvalue weighted by Gasteiger charge is -2.01. The van der Waals surface area contributed by atoms with Crippen LogP contribution in [0.4, 0.5) is 0 Å². The van der Waals surface area contributed by atoms with Crippen molar-refractivity contribution in [1.29, 1.82) is 0 Å². The number of benzene rings is 1. The smallest absolute Gasteiger partial charge is 0.0149 e. The summed E-state index contributed by atoms with van der Waals surface area (Å²) in [7, 11) is 0.833. The molecule has 0 aliphatic carbocycles. The number of aryl methyl sites for hydroxylation is 1. The third-order valence-corrected chi connectivity index (χ3v) is 25.0. The van der Waals surface area contributed by atoms with Crippen molar-refractivity contribution in [2.24, 2.45) is 0 Å². The number of hydrogen-bond acceptors (Lipinski definition) is 0. The fourth-order valence-corrected chi connectivity index (χ4v) is 17.3. The lowest BCUT2D eigenvalue weighted by atomic mass is 10.2. The highest BCUT2D eigenvalue weighted by molar-refractivity contribution is 7.35. The summed E-state index contributed by atoms with van der Waals surface area (Å²) in [5.41, 5.74) is 1.55. The first-order chi connectivity index (χ1) is 6.29. The van der Waals surface area contributed by atoms with Gasteiger partial charge in [-0.25, -0.2) is 0 Å². The fourth-order valence-electron chi connectivity index (χ4n) is 1.53. The zero-order valence-corrected chi connectivity index (χ0v) is 12.8. The Morgan fingerprint density at radius 2 is 1.85 bits per heavy atom. The van der Waals surface area contributed by atoms with Crippen LogP contribution in [0.2, 0.25) is 19.1 Å². The van der Waals surface area contributed by atoms with Crippen LogP contribution >= 0.6 is 0 Å². The Hall–Kier alpha value is -0.129. The second-order valence-electron chi connectivity index (χ2n) is 4.13. The van der Waals surface area contributed by atoms with Crippen molar-refractivity contribution in [2.45, 2.75) is 25.6 Å². The van der Waals surface area contributed by atoms with Crippen LogP contribution in [0.25, 0.3) is 0 Å². The molecule has 0 atom stereocenters. The SMILES string of the molecule is C[SiH](C)[SiH2][SiH2]CCc1ccccc1. The summed E-state index contributed by atoms with van der Waals surface area (Å²) < 4.78 is 0. The minimum Gasteiger partial charge on any atom is -0.0748 e. The Morgan fingerprint density at radius 3 is 2.46 bits per heavy atom. The fraction of sp³-hybridized carbons (Fsp3) is 0.400. The lowest BCUT2D eigenvalue weighted by Crippen LogP contribution is -2.20. The summed E-state index contributed by atoms with van der Waals surface area (Å²) in [4.78, 5) is 0. The molecule has 13 heavy (non-hydrogen) atoms. The van der Waals surface area contributed by atoms with Crippen LogP contribution in [-0.4, -0.2) is 25.9 Å². The predicted molar refractivity (Wildman–Crippen MR) is 70.9 cm³/mol. The molecule has 1 rings (SSSR count). The van der Waals surface area contributed by atoms with Gasteiger partial charge in [-0.3, -0.25) is 0 Å². The van der Waals surface area contributed by atoms with Crippen LogP contribution in [0, 0.1) is 0 Å². The van der Waals surface area contributed by atoms with Gasteiger partial charge >= 0.3 is 0 Å². The number of rotatable bonds is 5. The lowest BCUT2D eigenvalue weighted by molar-refractivity contribution is 1.13. The highest BCUT2D eigenvalue weighted by atomic mass is 29.5. The predicted octanol–water partition coefficient (Wildman–Crippen LogP) is 0.883. The van der Waals surface area contributed by atoms with Crippen LogP contribution in [0.15, 0.2) is 30.3 Å². The topological polar surface area (TPSA) is 0 Å². The standard InChI is InChI=1S/C10H20Si3/c1-13(2)12-11-9-8-10-6-4-3-5-7-10/h3-7,13H,8-9,11-12H2,1-2H3. The molecule has 0 unspecified atom stereocenters. The molecule has 0 bridgehead atoms. The molecule has 1 aromatic rings. The molecule has 72 valence electrons. The molecular formula is C10H20Si3. The van der Waals surface area contributed by atoms with Gasteiger partial charge in [0.25, 0.3) is 0 Å². The molecule has 0 spiro atoms. The molecule has 0 fully saturated rings. The third kappa shape index (κ3) is 5.23. The molecular weight excluding hydrogens is 204 g/mol. The summed E-state index contributed by atoms with van der Waals surface area (Å²) in [6, 6.07) is 12.5. The van der Waals surface area contributed by atoms with E-state index >= 15 is 0 Å². The van der Waals surface area contributed by atoms with Gasteiger partial charge in [-0.2, -0.15) is 0 Å². The molecule has 0 nitrogen and oxygen atoms in total. The minimum absolute atomic E-state index is 0.0954. The van der Waals surface area contributed by atoms with Gasteiger partial charge in [-0.15, -0.1) is 0 Å². The molecule has 0 amide bonds. The summed E-state index contributed by atoms with van der Waals surface area (Å²) in [6.07, 6.45) is 1.36. The molecule has 0 heterocycles. The Morgan fingerprint density at radius 1 is 1.15 bits per heavy atom. The summed E-state index contributed by atoms with van der Waals surface area (Å²) in [5, 5.41) is 0. The minimum atomic E-state index is -0.0954. The van der Waals surface area contributed by atoms with Gasteiger partial charge < -0.3 is 0 Å². The van der Waals surface area contributed by atoms with Crippen LogP contribution < -0.4 is 0 Å². The Kier molecular flexibility index (Phi) is 5.34. The maximum absolute atomic E-state index is 2.53. The van der Waals surface area contributed by atoms with Crippen molar-refractivity contribution >= 4 is 25.9 Å². The number of hydrogen-bond donors (Lipinski definition) is 0. The second kappa shape index (κ2) is 6.34. The molecule has 0 saturated carbocycles. The maximum atomic E-state index is 2.53. The average Bonchev–Trinajstić information content (AvgIpc) is 2.14. The first-order valence-electron chi connectivity index (χ1n) is 5.33. The van der Waals surface area contributed by atoms with E-state index in [1.807, 2.05) is 0 Å². The van der Waals surface area contributed by atoms with E-state index in [0.717, 1.165) is 0 Å². The molecule has 0 N–H and O–H groups in total. The van der Waals surface area contributed by atoms with Gasteiger partial charge in [0.2, 0.25) is 0 Å². The highest BCUT2D eigenvalue weighted by Gasteiger charge is 1.97. The normalized spacial score (nSPS) is 12.5. The van der Waals surface area contributed by atoms with Gasteiger partial charge in [-0.1, -0.05) is 49.5 Å². The van der Waals surface area contributed by atoms with Crippen LogP contribution in [0.3, 0.4) is 0 Å². The van der Waals surface area contributed by atoms with Gasteiger partial charge in [0, 0.05) is 25.9 Å². The third-order valence-electron chi connectivity index (χ3n) is 2.34. The average molecular weight is 225 g/mol. The zero-order chi connectivity index (χ0) is 9.52. The van der Waals surface area contributed by atoms with Gasteiger partial charge in [-0.05, 0) is 12.0 Å². The molecule has 0 radical (unpaired) electrons. The van der Waals surface area contributed by atoms with Gasteiger partial charge in [0.15, 0.2) is 0 Å². The highest BCUT2D eigenvalue weighted by Crippen LogP contribution is 2.01. The monoisotopic (exact) mass is 224 g/mol. The van der Waals surface area contributed by atoms with Crippen LogP contribution in [0.5, 0.6) is 0 Å².